The predicted molar refractivity (Wildman–Crippen MR) is 141 cm³/mol. The number of hydrogen-bond acceptors (Lipinski definition) is 7. The number of anilines is 2. The first-order valence-electron chi connectivity index (χ1n) is 12.3. The van der Waals surface area contributed by atoms with Gasteiger partial charge in [-0.2, -0.15) is 4.52 Å². The Bertz CT molecular complexity index is 1170. The average molecular weight is 502 g/mol. The molecule has 1 aliphatic rings. The second kappa shape index (κ2) is 10.5. The highest BCUT2D eigenvalue weighted by molar-refractivity contribution is 7.20. The van der Waals surface area contributed by atoms with Gasteiger partial charge in [-0.05, 0) is 59.2 Å². The first-order valence-corrected chi connectivity index (χ1v) is 13.1. The molecule has 2 N–H and O–H groups in total. The highest BCUT2D eigenvalue weighted by atomic mass is 32.1. The summed E-state index contributed by atoms with van der Waals surface area (Å²) in [5.74, 6) is 0.363. The van der Waals surface area contributed by atoms with Crippen molar-refractivity contribution in [3.05, 3.63) is 30.1 Å². The third-order valence-corrected chi connectivity index (χ3v) is 7.18. The molecule has 0 aliphatic carbocycles. The lowest BCUT2D eigenvalue weighted by Crippen LogP contribution is -2.44. The lowest BCUT2D eigenvalue weighted by molar-refractivity contribution is -0.119. The van der Waals surface area contributed by atoms with E-state index in [4.69, 9.17) is 10.1 Å². The molecule has 10 heteroatoms. The van der Waals surface area contributed by atoms with E-state index in [0.717, 1.165) is 13.1 Å². The number of carbonyl (C=O) groups is 1. The smallest absolute Gasteiger partial charge is 0.239 e. The first-order chi connectivity index (χ1) is 16.6. The van der Waals surface area contributed by atoms with Crippen LogP contribution in [0, 0.1) is 5.82 Å². The van der Waals surface area contributed by atoms with Crippen LogP contribution < -0.4 is 15.5 Å². The number of halogens is 1. The predicted octanol–water partition coefficient (Wildman–Crippen LogP) is 4.23. The number of nitrogens with one attached hydrogen (secondary N) is 2. The molecule has 3 aromatic rings. The van der Waals surface area contributed by atoms with Crippen molar-refractivity contribution >= 4 is 33.2 Å². The monoisotopic (exact) mass is 501 g/mol. The SMILES string of the molecule is CC1CCCCN1CCNC(=O)CN(C)c1nn2c(NC(C)(C)C)c(-c3cccc(F)c3)nc2s1. The van der Waals surface area contributed by atoms with Crippen LogP contribution in [0.4, 0.5) is 15.3 Å². The highest BCUT2D eigenvalue weighted by Gasteiger charge is 2.24. The van der Waals surface area contributed by atoms with Gasteiger partial charge < -0.3 is 15.5 Å². The van der Waals surface area contributed by atoms with Gasteiger partial charge in [0.2, 0.25) is 16.0 Å². The third kappa shape index (κ3) is 6.29. The molecule has 190 valence electrons. The zero-order chi connectivity index (χ0) is 25.2. The highest BCUT2D eigenvalue weighted by Crippen LogP contribution is 2.34. The number of likely N-dealkylation sites (tertiary alicyclic amines) is 1. The zero-order valence-corrected chi connectivity index (χ0v) is 22.1. The zero-order valence-electron chi connectivity index (χ0n) is 21.3. The number of carbonyl (C=O) groups excluding carboxylic acids is 1. The van der Waals surface area contributed by atoms with Crippen molar-refractivity contribution in [1.29, 1.82) is 0 Å². The number of imidazole rings is 1. The van der Waals surface area contributed by atoms with Crippen LogP contribution in [0.25, 0.3) is 16.2 Å². The lowest BCUT2D eigenvalue weighted by Gasteiger charge is -2.33. The third-order valence-electron chi connectivity index (χ3n) is 6.15. The number of nitrogens with zero attached hydrogens (tertiary/aromatic N) is 5. The van der Waals surface area contributed by atoms with E-state index in [1.54, 1.807) is 10.6 Å². The van der Waals surface area contributed by atoms with Crippen molar-refractivity contribution in [2.45, 2.75) is 58.5 Å². The minimum Gasteiger partial charge on any atom is -0.364 e. The summed E-state index contributed by atoms with van der Waals surface area (Å²) >= 11 is 1.40. The normalized spacial score (nSPS) is 17.0. The summed E-state index contributed by atoms with van der Waals surface area (Å²) in [7, 11) is 1.86. The molecular formula is C25H36FN7OS. The van der Waals surface area contributed by atoms with Crippen LogP contribution in [0.3, 0.4) is 0 Å². The van der Waals surface area contributed by atoms with Gasteiger partial charge in [0, 0.05) is 37.3 Å². The maximum Gasteiger partial charge on any atom is 0.239 e. The Morgan fingerprint density at radius 1 is 1.31 bits per heavy atom. The molecule has 1 aromatic carbocycles. The number of rotatable bonds is 8. The maximum atomic E-state index is 13.9. The van der Waals surface area contributed by atoms with Crippen LogP contribution >= 0.6 is 11.3 Å². The Kier molecular flexibility index (Phi) is 7.61. The molecule has 8 nitrogen and oxygen atoms in total. The van der Waals surface area contributed by atoms with Gasteiger partial charge in [0.05, 0.1) is 6.54 Å². The molecule has 0 spiro atoms. The van der Waals surface area contributed by atoms with Gasteiger partial charge in [-0.15, -0.1) is 5.10 Å². The van der Waals surface area contributed by atoms with E-state index in [1.807, 2.05) is 18.0 Å². The molecule has 3 heterocycles. The molecule has 0 saturated carbocycles. The number of hydrogen-bond donors (Lipinski definition) is 2. The number of fused-ring (bicyclic) bond motifs is 1. The molecule has 2 aromatic heterocycles. The lowest BCUT2D eigenvalue weighted by atomic mass is 10.0. The van der Waals surface area contributed by atoms with Gasteiger partial charge in [-0.25, -0.2) is 9.37 Å². The van der Waals surface area contributed by atoms with Gasteiger partial charge in [-0.3, -0.25) is 9.69 Å². The number of piperidine rings is 1. The van der Waals surface area contributed by atoms with Gasteiger partial charge in [-0.1, -0.05) is 29.9 Å². The Morgan fingerprint density at radius 2 is 2.11 bits per heavy atom. The van der Waals surface area contributed by atoms with Gasteiger partial charge in [0.15, 0.2) is 5.82 Å². The fourth-order valence-electron chi connectivity index (χ4n) is 4.36. The molecule has 1 aliphatic heterocycles. The quantitative estimate of drug-likeness (QED) is 0.481. The second-order valence-electron chi connectivity index (χ2n) is 10.4. The van der Waals surface area contributed by atoms with Crippen molar-refractivity contribution in [2.24, 2.45) is 0 Å². The molecular weight excluding hydrogens is 465 g/mol. The van der Waals surface area contributed by atoms with Crippen molar-refractivity contribution in [2.75, 3.05) is 43.4 Å². The van der Waals surface area contributed by atoms with Crippen LogP contribution in [0.5, 0.6) is 0 Å². The molecule has 1 unspecified atom stereocenters. The maximum absolute atomic E-state index is 13.9. The fraction of sp³-hybridized carbons (Fsp3) is 0.560. The molecule has 1 amide bonds. The minimum absolute atomic E-state index is 0.0292. The summed E-state index contributed by atoms with van der Waals surface area (Å²) in [5.41, 5.74) is 1.09. The molecule has 35 heavy (non-hydrogen) atoms. The molecule has 0 bridgehead atoms. The van der Waals surface area contributed by atoms with E-state index in [2.05, 4.69) is 43.2 Å². The number of amides is 1. The van der Waals surface area contributed by atoms with E-state index in [-0.39, 0.29) is 23.8 Å². The van der Waals surface area contributed by atoms with Crippen LogP contribution in [-0.2, 0) is 4.79 Å². The molecule has 1 saturated heterocycles. The van der Waals surface area contributed by atoms with Crippen molar-refractivity contribution in [3.63, 3.8) is 0 Å². The summed E-state index contributed by atoms with van der Waals surface area (Å²) in [4.78, 5) is 22.3. The molecule has 1 fully saturated rings. The molecule has 0 radical (unpaired) electrons. The second-order valence-corrected chi connectivity index (χ2v) is 11.3. The van der Waals surface area contributed by atoms with Crippen molar-refractivity contribution in [3.8, 4) is 11.3 Å². The number of aromatic nitrogens is 3. The van der Waals surface area contributed by atoms with E-state index in [9.17, 15) is 9.18 Å². The minimum atomic E-state index is -0.310. The van der Waals surface area contributed by atoms with E-state index >= 15 is 0 Å². The summed E-state index contributed by atoms with van der Waals surface area (Å²) in [6.07, 6.45) is 3.76. The Morgan fingerprint density at radius 3 is 2.83 bits per heavy atom. The first kappa shape index (κ1) is 25.4. The van der Waals surface area contributed by atoms with E-state index in [0.29, 0.717) is 39.8 Å². The van der Waals surface area contributed by atoms with Gasteiger partial charge in [0.1, 0.15) is 11.5 Å². The van der Waals surface area contributed by atoms with Crippen molar-refractivity contribution in [1.82, 2.24) is 24.8 Å². The van der Waals surface area contributed by atoms with E-state index < -0.39 is 0 Å². The average Bonchev–Trinajstić information content (AvgIpc) is 3.34. The molecule has 1 atom stereocenters. The molecule has 4 rings (SSSR count). The van der Waals surface area contributed by atoms with Crippen LogP contribution in [-0.4, -0.2) is 70.2 Å². The Balaban J connectivity index is 1.46. The number of benzene rings is 1. The summed E-state index contributed by atoms with van der Waals surface area (Å²) in [6, 6.07) is 6.99. The number of likely N-dealkylation sites (N-methyl/N-ethyl adjacent to an activating group) is 1. The summed E-state index contributed by atoms with van der Waals surface area (Å²) in [6.45, 7) is 11.3. The van der Waals surface area contributed by atoms with Crippen LogP contribution in [0.1, 0.15) is 47.0 Å². The Hall–Kier alpha value is -2.72. The van der Waals surface area contributed by atoms with Gasteiger partial charge >= 0.3 is 0 Å². The Labute approximate surface area is 210 Å². The van der Waals surface area contributed by atoms with Gasteiger partial charge in [0.25, 0.3) is 0 Å². The summed E-state index contributed by atoms with van der Waals surface area (Å²) in [5, 5.41) is 11.9. The standard InChI is InChI=1S/C25H36FN7OS/c1-17-9-6-7-13-32(17)14-12-27-20(34)16-31(5)24-30-33-22(29-25(2,3)4)21(28-23(33)35-24)18-10-8-11-19(26)15-18/h8,10-11,15,17,29H,6-7,9,12-14,16H2,1-5H3,(H,27,34). The van der Waals surface area contributed by atoms with Crippen LogP contribution in [0.2, 0.25) is 0 Å². The van der Waals surface area contributed by atoms with E-state index in [1.165, 1.54) is 42.7 Å². The summed E-state index contributed by atoms with van der Waals surface area (Å²) < 4.78 is 15.6. The largest absolute Gasteiger partial charge is 0.364 e. The topological polar surface area (TPSA) is 77.8 Å². The fourth-order valence-corrected chi connectivity index (χ4v) is 5.23. The van der Waals surface area contributed by atoms with Crippen molar-refractivity contribution < 1.29 is 9.18 Å². The van der Waals surface area contributed by atoms with Crippen LogP contribution in [0.15, 0.2) is 24.3 Å².